The van der Waals surface area contributed by atoms with E-state index in [1.54, 1.807) is 6.92 Å². The molecule has 1 atom stereocenters. The summed E-state index contributed by atoms with van der Waals surface area (Å²) in [6.07, 6.45) is -0.311. The molecule has 0 aliphatic carbocycles. The van der Waals surface area contributed by atoms with Gasteiger partial charge in [0.15, 0.2) is 0 Å². The van der Waals surface area contributed by atoms with Crippen LogP contribution >= 0.6 is 0 Å². The molecule has 0 fully saturated rings. The van der Waals surface area contributed by atoms with Gasteiger partial charge in [-0.3, -0.25) is 0 Å². The normalized spacial score (nSPS) is 11.8. The molecule has 0 aromatic rings. The summed E-state index contributed by atoms with van der Waals surface area (Å²) in [6, 6.07) is 0. The molecule has 0 N–H and O–H groups in total. The second kappa shape index (κ2) is 8.27. The van der Waals surface area contributed by atoms with E-state index in [0.29, 0.717) is 6.61 Å². The first-order valence-electron chi connectivity index (χ1n) is 4.90. The zero-order chi connectivity index (χ0) is 11.7. The molecule has 0 aliphatic rings. The van der Waals surface area contributed by atoms with Crippen LogP contribution < -0.4 is 0 Å². The summed E-state index contributed by atoms with van der Waals surface area (Å²) in [4.78, 5) is 11.0. The highest BCUT2D eigenvalue weighted by atomic mass is 16.7. The van der Waals surface area contributed by atoms with Crippen molar-refractivity contribution >= 4 is 5.97 Å². The Morgan fingerprint density at radius 3 is 2.53 bits per heavy atom. The zero-order valence-corrected chi connectivity index (χ0v) is 9.70. The highest BCUT2D eigenvalue weighted by molar-refractivity contribution is 5.88. The summed E-state index contributed by atoms with van der Waals surface area (Å²) in [6.45, 7) is 6.15. The van der Waals surface area contributed by atoms with E-state index in [1.165, 1.54) is 7.11 Å². The fourth-order valence-corrected chi connectivity index (χ4v) is 0.839. The molecule has 86 valence electrons. The maximum Gasteiger partial charge on any atom is 0.384 e. The summed E-state index contributed by atoms with van der Waals surface area (Å²) in [5.41, 5.74) is 0. The Morgan fingerprint density at radius 2 is 2.07 bits per heavy atom. The van der Waals surface area contributed by atoms with Gasteiger partial charge in [-0.2, -0.15) is 0 Å². The first-order chi connectivity index (χ1) is 7.11. The number of hydrogen-bond acceptors (Lipinski definition) is 4. The summed E-state index contributed by atoms with van der Waals surface area (Å²) in [5, 5.41) is 0. The second-order valence-electron chi connectivity index (χ2n) is 3.23. The van der Waals surface area contributed by atoms with E-state index in [-0.39, 0.29) is 18.8 Å². The molecule has 0 rings (SSSR count). The second-order valence-corrected chi connectivity index (χ2v) is 3.23. The van der Waals surface area contributed by atoms with Crippen LogP contribution in [-0.2, 0) is 19.0 Å². The van der Waals surface area contributed by atoms with Gasteiger partial charge in [0.1, 0.15) is 12.9 Å². The molecular weight excluding hydrogens is 196 g/mol. The fourth-order valence-electron chi connectivity index (χ4n) is 0.839. The quantitative estimate of drug-likeness (QED) is 0.298. The molecule has 0 aromatic carbocycles. The van der Waals surface area contributed by atoms with Crippen molar-refractivity contribution in [2.45, 2.75) is 26.9 Å². The molecular formula is C11H18O4. The van der Waals surface area contributed by atoms with E-state index in [4.69, 9.17) is 9.47 Å². The highest BCUT2D eigenvalue weighted by Gasteiger charge is 2.10. The molecule has 0 aliphatic heterocycles. The summed E-state index contributed by atoms with van der Waals surface area (Å²) in [5.74, 6) is 4.77. The number of hydrogen-bond donors (Lipinski definition) is 0. The van der Waals surface area contributed by atoms with Crippen LogP contribution in [0.25, 0.3) is 0 Å². The van der Waals surface area contributed by atoms with Gasteiger partial charge in [0.25, 0.3) is 0 Å². The minimum Gasteiger partial charge on any atom is -0.456 e. The molecule has 0 saturated carbocycles. The third-order valence-electron chi connectivity index (χ3n) is 1.56. The number of carbonyl (C=O) groups is 1. The summed E-state index contributed by atoms with van der Waals surface area (Å²) in [7, 11) is 1.54. The number of esters is 1. The van der Waals surface area contributed by atoms with Crippen molar-refractivity contribution in [3.63, 3.8) is 0 Å². The van der Waals surface area contributed by atoms with Gasteiger partial charge in [-0.15, -0.1) is 0 Å². The molecule has 0 amide bonds. The Kier molecular flexibility index (Phi) is 7.69. The molecule has 0 bridgehead atoms. The number of carbonyl (C=O) groups excluding carboxylic acids is 1. The lowest BCUT2D eigenvalue weighted by molar-refractivity contribution is -0.136. The third-order valence-corrected chi connectivity index (χ3v) is 1.56. The van der Waals surface area contributed by atoms with E-state index in [0.717, 1.165) is 0 Å². The molecule has 1 unspecified atom stereocenters. The molecule has 0 aromatic heterocycles. The molecule has 15 heavy (non-hydrogen) atoms. The number of rotatable bonds is 5. The average molecular weight is 214 g/mol. The van der Waals surface area contributed by atoms with Gasteiger partial charge in [-0.05, 0) is 12.8 Å². The van der Waals surface area contributed by atoms with Crippen molar-refractivity contribution in [2.75, 3.05) is 20.5 Å². The average Bonchev–Trinajstić information content (AvgIpc) is 2.17. The van der Waals surface area contributed by atoms with Gasteiger partial charge >= 0.3 is 5.97 Å². The van der Waals surface area contributed by atoms with Crippen LogP contribution in [0.1, 0.15) is 20.8 Å². The number of ether oxygens (including phenoxy) is 3. The van der Waals surface area contributed by atoms with Crippen LogP contribution in [0.4, 0.5) is 0 Å². The molecule has 0 saturated heterocycles. The van der Waals surface area contributed by atoms with Crippen molar-refractivity contribution in [1.82, 2.24) is 0 Å². The molecule has 0 spiro atoms. The Balaban J connectivity index is 4.19. The first kappa shape index (κ1) is 13.9. The van der Waals surface area contributed by atoms with E-state index >= 15 is 0 Å². The van der Waals surface area contributed by atoms with Crippen molar-refractivity contribution in [2.24, 2.45) is 5.92 Å². The third kappa shape index (κ3) is 6.95. The zero-order valence-electron chi connectivity index (χ0n) is 9.70. The Labute approximate surface area is 90.9 Å². The van der Waals surface area contributed by atoms with E-state index in [2.05, 4.69) is 16.6 Å². The van der Waals surface area contributed by atoms with Crippen LogP contribution in [0, 0.1) is 17.8 Å². The lowest BCUT2D eigenvalue weighted by atomic mass is 10.1. The van der Waals surface area contributed by atoms with Gasteiger partial charge in [-0.25, -0.2) is 4.79 Å². The fraction of sp³-hybridized carbons (Fsp3) is 0.727. The number of methoxy groups -OCH3 is 1. The van der Waals surface area contributed by atoms with Gasteiger partial charge in [0.05, 0.1) is 6.61 Å². The van der Waals surface area contributed by atoms with Gasteiger partial charge in [0, 0.05) is 13.0 Å². The van der Waals surface area contributed by atoms with E-state index in [9.17, 15) is 4.79 Å². The van der Waals surface area contributed by atoms with Crippen molar-refractivity contribution in [3.8, 4) is 11.8 Å². The van der Waals surface area contributed by atoms with Crippen LogP contribution in [0.2, 0.25) is 0 Å². The Morgan fingerprint density at radius 1 is 1.40 bits per heavy atom. The summed E-state index contributed by atoms with van der Waals surface area (Å²) < 4.78 is 14.7. The van der Waals surface area contributed by atoms with E-state index in [1.807, 2.05) is 13.8 Å². The lowest BCUT2D eigenvalue weighted by Crippen LogP contribution is -2.19. The largest absolute Gasteiger partial charge is 0.456 e. The maximum atomic E-state index is 11.0. The van der Waals surface area contributed by atoms with Gasteiger partial charge in [-0.1, -0.05) is 19.8 Å². The highest BCUT2D eigenvalue weighted by Crippen LogP contribution is 2.04. The first-order valence-corrected chi connectivity index (χ1v) is 4.90. The van der Waals surface area contributed by atoms with Crippen LogP contribution in [0.15, 0.2) is 0 Å². The molecule has 0 radical (unpaired) electrons. The van der Waals surface area contributed by atoms with Crippen molar-refractivity contribution < 1.29 is 19.0 Å². The van der Waals surface area contributed by atoms with Crippen molar-refractivity contribution in [1.29, 1.82) is 0 Å². The van der Waals surface area contributed by atoms with Crippen LogP contribution in [0.5, 0.6) is 0 Å². The summed E-state index contributed by atoms with van der Waals surface area (Å²) >= 11 is 0. The Hall–Kier alpha value is -1.05. The maximum absolute atomic E-state index is 11.0. The van der Waals surface area contributed by atoms with Gasteiger partial charge in [0.2, 0.25) is 0 Å². The minimum absolute atomic E-state index is 0.167. The van der Waals surface area contributed by atoms with E-state index < -0.39 is 5.97 Å². The van der Waals surface area contributed by atoms with Crippen molar-refractivity contribution in [3.05, 3.63) is 0 Å². The lowest BCUT2D eigenvalue weighted by Gasteiger charge is -2.14. The SMILES string of the molecule is CCOC(=O)C#CC(OCOC)C(C)C. The van der Waals surface area contributed by atoms with Crippen LogP contribution in [-0.4, -0.2) is 32.6 Å². The smallest absolute Gasteiger partial charge is 0.384 e. The van der Waals surface area contributed by atoms with Crippen LogP contribution in [0.3, 0.4) is 0 Å². The predicted molar refractivity (Wildman–Crippen MR) is 56.0 cm³/mol. The molecule has 4 heteroatoms. The topological polar surface area (TPSA) is 44.8 Å². The Bertz CT molecular complexity index is 237. The van der Waals surface area contributed by atoms with Gasteiger partial charge < -0.3 is 14.2 Å². The molecule has 4 nitrogen and oxygen atoms in total. The standard InChI is InChI=1S/C11H18O4/c1-5-14-11(12)7-6-10(9(2)3)15-8-13-4/h9-10H,5,8H2,1-4H3. The predicted octanol–water partition coefficient (Wildman–Crippen LogP) is 1.20. The monoisotopic (exact) mass is 214 g/mol. The molecule has 0 heterocycles. The minimum atomic E-state index is -0.524.